The van der Waals surface area contributed by atoms with Crippen LogP contribution < -0.4 is 23.7 Å². The number of nitrogens with zero attached hydrogens (tertiary/aromatic N) is 2. The molecule has 276 valence electrons. The van der Waals surface area contributed by atoms with Gasteiger partial charge in [0.15, 0.2) is 23.0 Å². The molecular weight excluding hydrogens is 656 g/mol. The van der Waals surface area contributed by atoms with E-state index in [1.165, 1.54) is 38.5 Å². The molecule has 0 amide bonds. The van der Waals surface area contributed by atoms with Crippen molar-refractivity contribution in [3.05, 3.63) is 47.0 Å². The van der Waals surface area contributed by atoms with Gasteiger partial charge in [0.25, 0.3) is 0 Å². The second-order valence-electron chi connectivity index (χ2n) is 11.1. The van der Waals surface area contributed by atoms with Crippen LogP contribution in [0.1, 0.15) is 36.0 Å². The first-order chi connectivity index (χ1) is 23.9. The average molecular weight is 705 g/mol. The molecule has 0 radical (unpaired) electrons. The van der Waals surface area contributed by atoms with Crippen molar-refractivity contribution in [1.29, 1.82) is 0 Å². The third kappa shape index (κ3) is 13.8. The Kier molecular flexibility index (Phi) is 18.0. The number of esters is 2. The lowest BCUT2D eigenvalue weighted by atomic mass is 9.98. The van der Waals surface area contributed by atoms with E-state index in [2.05, 4.69) is 9.80 Å². The van der Waals surface area contributed by atoms with Gasteiger partial charge in [-0.1, -0.05) is 0 Å². The van der Waals surface area contributed by atoms with Crippen LogP contribution in [0.15, 0.2) is 30.3 Å². The molecule has 0 aliphatic carbocycles. The first kappa shape index (κ1) is 41.2. The van der Waals surface area contributed by atoms with Crippen molar-refractivity contribution in [1.82, 2.24) is 9.80 Å². The number of aliphatic carboxylic acids is 2. The van der Waals surface area contributed by atoms with Crippen molar-refractivity contribution in [3.63, 3.8) is 0 Å². The largest absolute Gasteiger partial charge is 0.493 e. The van der Waals surface area contributed by atoms with Gasteiger partial charge in [-0.3, -0.25) is 9.69 Å². The summed E-state index contributed by atoms with van der Waals surface area (Å²) in [5.41, 5.74) is 3.18. The van der Waals surface area contributed by atoms with Crippen LogP contribution in [-0.2, 0) is 41.6 Å². The first-order valence-electron chi connectivity index (χ1n) is 15.9. The van der Waals surface area contributed by atoms with Gasteiger partial charge in [-0.2, -0.15) is 0 Å². The summed E-state index contributed by atoms with van der Waals surface area (Å²) < 4.78 is 37.6. The Balaban J connectivity index is 0.00000132. The van der Waals surface area contributed by atoms with Gasteiger partial charge in [0.05, 0.1) is 55.2 Å². The fourth-order valence-corrected chi connectivity index (χ4v) is 5.00. The molecule has 0 fully saturated rings. The highest BCUT2D eigenvalue weighted by molar-refractivity contribution is 6.27. The normalized spacial score (nSPS) is 12.3. The van der Waals surface area contributed by atoms with E-state index in [0.29, 0.717) is 49.8 Å². The molecule has 15 heteroatoms. The summed E-state index contributed by atoms with van der Waals surface area (Å²) in [4.78, 5) is 47.0. The van der Waals surface area contributed by atoms with E-state index in [0.717, 1.165) is 56.1 Å². The molecule has 0 aromatic heterocycles. The number of rotatable bonds is 18. The average Bonchev–Trinajstić information content (AvgIpc) is 3.12. The van der Waals surface area contributed by atoms with Crippen LogP contribution in [0.2, 0.25) is 0 Å². The molecule has 1 aliphatic heterocycles. The van der Waals surface area contributed by atoms with Crippen LogP contribution in [-0.4, -0.2) is 126 Å². The third-order valence-electron chi connectivity index (χ3n) is 7.59. The topological polar surface area (TPSA) is 180 Å². The molecule has 2 aromatic rings. The summed E-state index contributed by atoms with van der Waals surface area (Å²) in [5.74, 6) is -1.30. The lowest BCUT2D eigenvalue weighted by molar-refractivity contribution is -0.159. The third-order valence-corrected chi connectivity index (χ3v) is 7.59. The highest BCUT2D eigenvalue weighted by Gasteiger charge is 2.20. The summed E-state index contributed by atoms with van der Waals surface area (Å²) >= 11 is 0. The molecule has 15 nitrogen and oxygen atoms in total. The highest BCUT2D eigenvalue weighted by atomic mass is 16.5. The second-order valence-corrected chi connectivity index (χ2v) is 11.1. The molecular formula is C35H48N2O13. The van der Waals surface area contributed by atoms with Gasteiger partial charge in [0, 0.05) is 38.8 Å². The number of carboxylic acid groups (broad SMARTS) is 2. The van der Waals surface area contributed by atoms with E-state index < -0.39 is 17.9 Å². The Labute approximate surface area is 292 Å². The summed E-state index contributed by atoms with van der Waals surface area (Å²) in [6.07, 6.45) is 5.70. The number of benzene rings is 2. The minimum absolute atomic E-state index is 0.183. The van der Waals surface area contributed by atoms with E-state index in [-0.39, 0.29) is 5.97 Å². The molecule has 0 saturated heterocycles. The minimum atomic E-state index is -1.82. The quantitative estimate of drug-likeness (QED) is 0.0999. The smallest absolute Gasteiger partial charge is 0.414 e. The van der Waals surface area contributed by atoms with Crippen molar-refractivity contribution in [3.8, 4) is 28.7 Å². The van der Waals surface area contributed by atoms with Gasteiger partial charge in [0.1, 0.15) is 0 Å². The molecule has 3 rings (SSSR count). The number of hydrogen-bond acceptors (Lipinski definition) is 13. The molecule has 2 N–H and O–H groups in total. The molecule has 0 bridgehead atoms. The van der Waals surface area contributed by atoms with Crippen LogP contribution in [0.4, 0.5) is 0 Å². The van der Waals surface area contributed by atoms with Crippen molar-refractivity contribution in [2.75, 3.05) is 82.0 Å². The summed E-state index contributed by atoms with van der Waals surface area (Å²) in [5, 5.41) is 14.8. The van der Waals surface area contributed by atoms with Crippen molar-refractivity contribution >= 4 is 30.0 Å². The Hall–Kier alpha value is -5.02. The maximum Gasteiger partial charge on any atom is 0.414 e. The number of hydrogen-bond donors (Lipinski definition) is 2. The van der Waals surface area contributed by atoms with Gasteiger partial charge in [-0.15, -0.1) is 0 Å². The molecule has 1 aliphatic rings. The van der Waals surface area contributed by atoms with Gasteiger partial charge >= 0.3 is 23.9 Å². The SMILES string of the molecule is COc1cc2c(cc1OC)CN(CCC(=O)OCCCN(C)CCCOC(=O)/C=C/c1cc(OC)c(OC)c(OC)c1)CC2.O=C(O)C(=O)O. The van der Waals surface area contributed by atoms with E-state index in [4.69, 9.17) is 53.0 Å². The van der Waals surface area contributed by atoms with Gasteiger partial charge in [-0.05, 0) is 73.3 Å². The standard InChI is InChI=1S/C33H46N2O9.C2H2O4/c1-34(13-7-17-43-31(36)10-9-24-19-29(40-4)33(42-6)30(20-24)41-5)14-8-18-44-32(37)12-16-35-15-11-25-21-27(38-2)28(39-3)22-26(25)23-35;3-1(4)2(5)6/h9-10,19-22H,7-8,11-18,23H2,1-6H3;(H,3,4)(H,5,6)/b10-9+;. The van der Waals surface area contributed by atoms with E-state index >= 15 is 0 Å². The predicted molar refractivity (Wildman–Crippen MR) is 182 cm³/mol. The number of carbonyl (C=O) groups is 4. The molecule has 0 unspecified atom stereocenters. The summed E-state index contributed by atoms with van der Waals surface area (Å²) in [6, 6.07) is 7.57. The monoisotopic (exact) mass is 704 g/mol. The highest BCUT2D eigenvalue weighted by Crippen LogP contribution is 2.38. The molecule has 0 atom stereocenters. The molecule has 2 aromatic carbocycles. The fourth-order valence-electron chi connectivity index (χ4n) is 5.00. The van der Waals surface area contributed by atoms with Crippen LogP contribution in [0.3, 0.4) is 0 Å². The Morgan fingerprint density at radius 2 is 1.30 bits per heavy atom. The number of carbonyl (C=O) groups excluding carboxylic acids is 2. The van der Waals surface area contributed by atoms with Crippen molar-refractivity contribution in [2.45, 2.75) is 32.2 Å². The molecule has 0 saturated carbocycles. The van der Waals surface area contributed by atoms with Crippen LogP contribution in [0.5, 0.6) is 28.7 Å². The van der Waals surface area contributed by atoms with Crippen molar-refractivity contribution < 1.29 is 62.5 Å². The molecule has 1 heterocycles. The van der Waals surface area contributed by atoms with Gasteiger partial charge < -0.3 is 48.3 Å². The zero-order chi connectivity index (χ0) is 37.1. The summed E-state index contributed by atoms with van der Waals surface area (Å²) in [7, 11) is 9.88. The fraction of sp³-hybridized carbons (Fsp3) is 0.486. The minimum Gasteiger partial charge on any atom is -0.493 e. The molecule has 0 spiro atoms. The number of ether oxygens (including phenoxy) is 7. The van der Waals surface area contributed by atoms with E-state index in [1.807, 2.05) is 19.2 Å². The van der Waals surface area contributed by atoms with Crippen LogP contribution in [0.25, 0.3) is 6.08 Å². The Morgan fingerprint density at radius 1 is 0.760 bits per heavy atom. The lowest BCUT2D eigenvalue weighted by Gasteiger charge is -2.29. The number of carboxylic acids is 2. The maximum atomic E-state index is 12.3. The van der Waals surface area contributed by atoms with E-state index in [1.54, 1.807) is 32.4 Å². The maximum absolute atomic E-state index is 12.3. The Morgan fingerprint density at radius 3 is 1.82 bits per heavy atom. The van der Waals surface area contributed by atoms with Gasteiger partial charge in [0.2, 0.25) is 5.75 Å². The van der Waals surface area contributed by atoms with Gasteiger partial charge in [-0.25, -0.2) is 14.4 Å². The van der Waals surface area contributed by atoms with Crippen LogP contribution >= 0.6 is 0 Å². The summed E-state index contributed by atoms with van der Waals surface area (Å²) in [6.45, 7) is 4.53. The van der Waals surface area contributed by atoms with Crippen molar-refractivity contribution in [2.24, 2.45) is 0 Å². The lowest BCUT2D eigenvalue weighted by Crippen LogP contribution is -2.32. The predicted octanol–water partition coefficient (Wildman–Crippen LogP) is 3.15. The number of methoxy groups -OCH3 is 5. The number of fused-ring (bicyclic) bond motifs is 1. The molecule has 50 heavy (non-hydrogen) atoms. The zero-order valence-corrected chi connectivity index (χ0v) is 29.5. The van der Waals surface area contributed by atoms with E-state index in [9.17, 15) is 9.59 Å². The second kappa shape index (κ2) is 21.8. The Bertz CT molecular complexity index is 1420. The van der Waals surface area contributed by atoms with Crippen LogP contribution in [0, 0.1) is 0 Å². The zero-order valence-electron chi connectivity index (χ0n) is 29.5. The first-order valence-corrected chi connectivity index (χ1v) is 15.9.